The standard InChI is InChI=1S/C24H21N5O2S/c1-18-11-13-19(14-12-18)23-27-28-24(29(23)20-7-3-2-4-8-20)32-17-22(30)26-25-15-5-9-21-10-6-16-31-21/h2-16H,17H2,1H3,(H,26,30)/b9-5-,25-15-. The number of rotatable bonds is 8. The minimum atomic E-state index is -0.239. The van der Waals surface area contributed by atoms with Crippen LogP contribution in [0, 0.1) is 6.92 Å². The van der Waals surface area contributed by atoms with Gasteiger partial charge in [-0.2, -0.15) is 5.10 Å². The van der Waals surface area contributed by atoms with Gasteiger partial charge in [-0.3, -0.25) is 9.36 Å². The molecule has 0 aliphatic rings. The average Bonchev–Trinajstić information content (AvgIpc) is 3.48. The number of aryl methyl sites for hydroxylation is 1. The molecule has 2 heterocycles. The predicted octanol–water partition coefficient (Wildman–Crippen LogP) is 4.74. The Morgan fingerprint density at radius 2 is 1.91 bits per heavy atom. The smallest absolute Gasteiger partial charge is 0.250 e. The Morgan fingerprint density at radius 3 is 2.66 bits per heavy atom. The first-order valence-electron chi connectivity index (χ1n) is 9.93. The molecule has 2 aromatic heterocycles. The van der Waals surface area contributed by atoms with Crippen LogP contribution in [0.2, 0.25) is 0 Å². The molecule has 160 valence electrons. The average molecular weight is 444 g/mol. The molecule has 4 rings (SSSR count). The number of hydrogen-bond donors (Lipinski definition) is 1. The largest absolute Gasteiger partial charge is 0.465 e. The summed E-state index contributed by atoms with van der Waals surface area (Å²) < 4.78 is 7.14. The second-order valence-electron chi connectivity index (χ2n) is 6.82. The second kappa shape index (κ2) is 10.4. The summed E-state index contributed by atoms with van der Waals surface area (Å²) in [5.41, 5.74) is 5.56. The number of carbonyl (C=O) groups excluding carboxylic acids is 1. The van der Waals surface area contributed by atoms with Crippen LogP contribution in [0.4, 0.5) is 0 Å². The third-order valence-corrected chi connectivity index (χ3v) is 5.37. The highest BCUT2D eigenvalue weighted by molar-refractivity contribution is 7.99. The van der Waals surface area contributed by atoms with Crippen molar-refractivity contribution in [2.24, 2.45) is 5.10 Å². The van der Waals surface area contributed by atoms with Crippen molar-refractivity contribution < 1.29 is 9.21 Å². The van der Waals surface area contributed by atoms with Gasteiger partial charge in [0.25, 0.3) is 5.91 Å². The molecule has 7 nitrogen and oxygen atoms in total. The number of aromatic nitrogens is 3. The minimum Gasteiger partial charge on any atom is -0.465 e. The van der Waals surface area contributed by atoms with Crippen LogP contribution in [0.1, 0.15) is 11.3 Å². The fraction of sp³-hybridized carbons (Fsp3) is 0.0833. The monoisotopic (exact) mass is 443 g/mol. The van der Waals surface area contributed by atoms with Gasteiger partial charge in [-0.1, -0.05) is 59.8 Å². The lowest BCUT2D eigenvalue weighted by Crippen LogP contribution is -2.19. The molecule has 0 atom stereocenters. The van der Waals surface area contributed by atoms with E-state index in [9.17, 15) is 4.79 Å². The number of hydrazone groups is 1. The number of carbonyl (C=O) groups is 1. The number of furan rings is 1. The zero-order valence-electron chi connectivity index (χ0n) is 17.4. The van der Waals surface area contributed by atoms with E-state index in [-0.39, 0.29) is 11.7 Å². The number of nitrogens with one attached hydrogen (secondary N) is 1. The minimum absolute atomic E-state index is 0.151. The Bertz CT molecular complexity index is 1210. The van der Waals surface area contributed by atoms with E-state index in [4.69, 9.17) is 4.42 Å². The van der Waals surface area contributed by atoms with E-state index >= 15 is 0 Å². The van der Waals surface area contributed by atoms with Crippen LogP contribution in [0.15, 0.2) is 93.7 Å². The molecule has 0 bridgehead atoms. The lowest BCUT2D eigenvalue weighted by Gasteiger charge is -2.10. The fourth-order valence-corrected chi connectivity index (χ4v) is 3.65. The zero-order chi connectivity index (χ0) is 22.2. The van der Waals surface area contributed by atoms with Gasteiger partial charge >= 0.3 is 0 Å². The summed E-state index contributed by atoms with van der Waals surface area (Å²) >= 11 is 1.30. The Kier molecular flexibility index (Phi) is 6.94. The molecule has 4 aromatic rings. The van der Waals surface area contributed by atoms with Crippen LogP contribution in [0.5, 0.6) is 0 Å². The Hall–Kier alpha value is -3.91. The molecule has 0 aliphatic heterocycles. The number of amides is 1. The molecule has 0 saturated heterocycles. The van der Waals surface area contributed by atoms with E-state index < -0.39 is 0 Å². The third-order valence-electron chi connectivity index (χ3n) is 4.44. The topological polar surface area (TPSA) is 85.3 Å². The van der Waals surface area contributed by atoms with Crippen LogP contribution in [-0.2, 0) is 4.79 Å². The number of hydrogen-bond acceptors (Lipinski definition) is 6. The van der Waals surface area contributed by atoms with E-state index in [2.05, 4.69) is 20.7 Å². The van der Waals surface area contributed by atoms with Gasteiger partial charge in [-0.05, 0) is 43.3 Å². The summed E-state index contributed by atoms with van der Waals surface area (Å²) in [5, 5.41) is 13.3. The second-order valence-corrected chi connectivity index (χ2v) is 7.76. The van der Waals surface area contributed by atoms with Crippen molar-refractivity contribution in [3.8, 4) is 17.1 Å². The molecule has 0 radical (unpaired) electrons. The third kappa shape index (κ3) is 5.41. The Morgan fingerprint density at radius 1 is 1.09 bits per heavy atom. The quantitative estimate of drug-likeness (QED) is 0.241. The van der Waals surface area contributed by atoms with E-state index in [1.807, 2.05) is 72.2 Å². The molecule has 8 heteroatoms. The van der Waals surface area contributed by atoms with E-state index in [0.717, 1.165) is 17.1 Å². The zero-order valence-corrected chi connectivity index (χ0v) is 18.2. The molecule has 0 fully saturated rings. The van der Waals surface area contributed by atoms with Gasteiger partial charge in [0.1, 0.15) is 5.76 Å². The first-order chi connectivity index (χ1) is 15.7. The van der Waals surface area contributed by atoms with Crippen LogP contribution >= 0.6 is 11.8 Å². The molecular formula is C24H21N5O2S. The summed E-state index contributed by atoms with van der Waals surface area (Å²) in [4.78, 5) is 12.2. The van der Waals surface area contributed by atoms with Gasteiger partial charge in [0.2, 0.25) is 0 Å². The maximum Gasteiger partial charge on any atom is 0.250 e. The highest BCUT2D eigenvalue weighted by Gasteiger charge is 2.17. The van der Waals surface area contributed by atoms with Crippen molar-refractivity contribution in [1.82, 2.24) is 20.2 Å². The molecule has 32 heavy (non-hydrogen) atoms. The lowest BCUT2D eigenvalue weighted by molar-refractivity contribution is -0.118. The van der Waals surface area contributed by atoms with Crippen LogP contribution < -0.4 is 5.43 Å². The van der Waals surface area contributed by atoms with Crippen molar-refractivity contribution in [3.05, 3.63) is 90.4 Å². The summed E-state index contributed by atoms with van der Waals surface area (Å²) in [6.45, 7) is 2.04. The molecule has 1 N–H and O–H groups in total. The van der Waals surface area contributed by atoms with Crippen molar-refractivity contribution in [2.75, 3.05) is 5.75 Å². The van der Waals surface area contributed by atoms with Gasteiger partial charge < -0.3 is 4.42 Å². The summed E-state index contributed by atoms with van der Waals surface area (Å²) in [5.74, 6) is 1.35. The number of para-hydroxylation sites is 1. The molecular weight excluding hydrogens is 422 g/mol. The number of benzene rings is 2. The van der Waals surface area contributed by atoms with Crippen molar-refractivity contribution in [2.45, 2.75) is 12.1 Å². The number of nitrogens with zero attached hydrogens (tertiary/aromatic N) is 4. The summed E-state index contributed by atoms with van der Waals surface area (Å²) in [7, 11) is 0. The maximum atomic E-state index is 12.2. The van der Waals surface area contributed by atoms with Gasteiger partial charge in [-0.25, -0.2) is 5.43 Å². The van der Waals surface area contributed by atoms with Crippen molar-refractivity contribution >= 4 is 30.0 Å². The van der Waals surface area contributed by atoms with Gasteiger partial charge in [-0.15, -0.1) is 10.2 Å². The predicted molar refractivity (Wildman–Crippen MR) is 127 cm³/mol. The highest BCUT2D eigenvalue weighted by atomic mass is 32.2. The normalized spacial score (nSPS) is 11.4. The van der Waals surface area contributed by atoms with E-state index in [1.165, 1.54) is 23.5 Å². The van der Waals surface area contributed by atoms with Crippen molar-refractivity contribution in [1.29, 1.82) is 0 Å². The molecule has 0 unspecified atom stereocenters. The molecule has 1 amide bonds. The van der Waals surface area contributed by atoms with Gasteiger partial charge in [0, 0.05) is 17.5 Å². The Balaban J connectivity index is 1.45. The van der Waals surface area contributed by atoms with E-state index in [1.54, 1.807) is 24.5 Å². The fourth-order valence-electron chi connectivity index (χ4n) is 2.90. The Labute approximate surface area is 189 Å². The van der Waals surface area contributed by atoms with Gasteiger partial charge in [0.05, 0.1) is 12.0 Å². The van der Waals surface area contributed by atoms with Crippen LogP contribution in [-0.4, -0.2) is 32.6 Å². The molecule has 0 spiro atoms. The first kappa shape index (κ1) is 21.3. The first-order valence-corrected chi connectivity index (χ1v) is 10.9. The van der Waals surface area contributed by atoms with Crippen molar-refractivity contribution in [3.63, 3.8) is 0 Å². The SMILES string of the molecule is Cc1ccc(-c2nnc(SCC(=O)N/N=C\C=C/c3ccco3)n2-c2ccccc2)cc1. The van der Waals surface area contributed by atoms with E-state index in [0.29, 0.717) is 10.9 Å². The number of allylic oxidation sites excluding steroid dienone is 1. The molecule has 0 saturated carbocycles. The summed E-state index contributed by atoms with van der Waals surface area (Å²) in [6.07, 6.45) is 6.52. The molecule has 0 aliphatic carbocycles. The summed E-state index contributed by atoms with van der Waals surface area (Å²) in [6, 6.07) is 21.6. The van der Waals surface area contributed by atoms with Gasteiger partial charge in [0.15, 0.2) is 11.0 Å². The maximum absolute atomic E-state index is 12.2. The van der Waals surface area contributed by atoms with Crippen LogP contribution in [0.3, 0.4) is 0 Å². The van der Waals surface area contributed by atoms with Crippen LogP contribution in [0.25, 0.3) is 23.2 Å². The number of thioether (sulfide) groups is 1. The lowest BCUT2D eigenvalue weighted by atomic mass is 10.1. The highest BCUT2D eigenvalue weighted by Crippen LogP contribution is 2.28. The molecule has 2 aromatic carbocycles.